The highest BCUT2D eigenvalue weighted by Crippen LogP contribution is 2.38. The molecule has 1 atom stereocenters. The Morgan fingerprint density at radius 2 is 1.61 bits per heavy atom. The van der Waals surface area contributed by atoms with E-state index in [-0.39, 0.29) is 0 Å². The monoisotopic (exact) mass is 405 g/mol. The van der Waals surface area contributed by atoms with Crippen molar-refractivity contribution in [2.45, 2.75) is 38.4 Å². The minimum Gasteiger partial charge on any atom is -0.366 e. The van der Waals surface area contributed by atoms with Crippen molar-refractivity contribution in [3.63, 3.8) is 0 Å². The highest BCUT2D eigenvalue weighted by molar-refractivity contribution is 5.80. The van der Waals surface area contributed by atoms with Gasteiger partial charge in [-0.3, -0.25) is 4.98 Å². The molecule has 0 radical (unpaired) electrons. The van der Waals surface area contributed by atoms with Crippen LogP contribution in [0.5, 0.6) is 0 Å². The molecule has 3 aromatic carbocycles. The number of pyridine rings is 1. The Balaban J connectivity index is 1.52. The molecule has 1 saturated heterocycles. The Morgan fingerprint density at radius 1 is 0.839 bits per heavy atom. The second-order valence-electron chi connectivity index (χ2n) is 8.81. The van der Waals surface area contributed by atoms with E-state index in [4.69, 9.17) is 4.98 Å². The molecule has 3 nitrogen and oxygen atoms in total. The number of aromatic nitrogens is 1. The summed E-state index contributed by atoms with van der Waals surface area (Å²) < 4.78 is 0. The minimum absolute atomic E-state index is 0.519. The molecule has 3 heterocycles. The van der Waals surface area contributed by atoms with Crippen LogP contribution in [0.4, 0.5) is 11.4 Å². The van der Waals surface area contributed by atoms with Gasteiger partial charge in [-0.25, -0.2) is 0 Å². The first-order valence-corrected chi connectivity index (χ1v) is 11.4. The zero-order valence-electron chi connectivity index (χ0n) is 17.7. The molecule has 2 aliphatic rings. The summed E-state index contributed by atoms with van der Waals surface area (Å²) in [5, 5.41) is 1.23. The molecule has 1 unspecified atom stereocenters. The van der Waals surface area contributed by atoms with Gasteiger partial charge in [-0.1, -0.05) is 60.7 Å². The quantitative estimate of drug-likeness (QED) is 0.410. The Bertz CT molecular complexity index is 1220. The van der Waals surface area contributed by atoms with Crippen molar-refractivity contribution in [3.8, 4) is 0 Å². The number of anilines is 2. The van der Waals surface area contributed by atoms with Gasteiger partial charge in [0.05, 0.1) is 16.9 Å². The summed E-state index contributed by atoms with van der Waals surface area (Å²) in [5.74, 6) is 0. The smallest absolute Gasteiger partial charge is 0.0705 e. The largest absolute Gasteiger partial charge is 0.366 e. The molecule has 3 heteroatoms. The molecule has 4 aromatic rings. The van der Waals surface area contributed by atoms with Crippen molar-refractivity contribution in [2.24, 2.45) is 0 Å². The van der Waals surface area contributed by atoms with Crippen LogP contribution >= 0.6 is 0 Å². The van der Waals surface area contributed by atoms with E-state index in [1.165, 1.54) is 46.4 Å². The van der Waals surface area contributed by atoms with Gasteiger partial charge in [0.1, 0.15) is 0 Å². The lowest BCUT2D eigenvalue weighted by Gasteiger charge is -2.32. The molecule has 1 aromatic heterocycles. The van der Waals surface area contributed by atoms with E-state index in [1.54, 1.807) is 0 Å². The van der Waals surface area contributed by atoms with Crippen molar-refractivity contribution < 1.29 is 0 Å². The molecule has 0 saturated carbocycles. The van der Waals surface area contributed by atoms with Gasteiger partial charge < -0.3 is 9.80 Å². The standard InChI is InChI=1S/C28H27N3/c1-2-9-21(10-3-1)19-30-20-23-17-22-11-4-5-13-25(22)29-26(23)18-24-12-8-16-31(24)28-15-7-6-14-27(28)30/h1-7,9-11,13-15,17,24H,8,12,16,18-20H2. The summed E-state index contributed by atoms with van der Waals surface area (Å²) in [6, 6.07) is 31.2. The van der Waals surface area contributed by atoms with Gasteiger partial charge in [0.25, 0.3) is 0 Å². The van der Waals surface area contributed by atoms with Gasteiger partial charge in [-0.2, -0.15) is 0 Å². The van der Waals surface area contributed by atoms with Crippen LogP contribution in [-0.2, 0) is 19.5 Å². The van der Waals surface area contributed by atoms with E-state index >= 15 is 0 Å². The summed E-state index contributed by atoms with van der Waals surface area (Å²) in [4.78, 5) is 10.4. The van der Waals surface area contributed by atoms with Crippen molar-refractivity contribution >= 4 is 22.3 Å². The molecule has 0 amide bonds. The molecule has 0 N–H and O–H groups in total. The summed E-state index contributed by atoms with van der Waals surface area (Å²) in [6.45, 7) is 2.89. The van der Waals surface area contributed by atoms with Crippen LogP contribution in [0.1, 0.15) is 29.7 Å². The highest BCUT2D eigenvalue weighted by Gasteiger charge is 2.30. The predicted molar refractivity (Wildman–Crippen MR) is 129 cm³/mol. The second-order valence-corrected chi connectivity index (χ2v) is 8.81. The summed E-state index contributed by atoms with van der Waals surface area (Å²) in [6.07, 6.45) is 3.51. The van der Waals surface area contributed by atoms with Gasteiger partial charge >= 0.3 is 0 Å². The van der Waals surface area contributed by atoms with Crippen LogP contribution in [0.15, 0.2) is 84.9 Å². The molecule has 0 aliphatic carbocycles. The molecule has 2 aliphatic heterocycles. The highest BCUT2D eigenvalue weighted by atomic mass is 15.2. The lowest BCUT2D eigenvalue weighted by atomic mass is 10.0. The van der Waals surface area contributed by atoms with Gasteiger partial charge in [-0.15, -0.1) is 0 Å². The van der Waals surface area contributed by atoms with Crippen LogP contribution in [-0.4, -0.2) is 17.6 Å². The summed E-state index contributed by atoms with van der Waals surface area (Å²) in [5.41, 5.74) is 7.78. The van der Waals surface area contributed by atoms with Crippen LogP contribution in [0.2, 0.25) is 0 Å². The average Bonchev–Trinajstić information content (AvgIpc) is 3.28. The maximum absolute atomic E-state index is 5.17. The SMILES string of the molecule is c1ccc(CN2Cc3cc4ccccc4nc3CC3CCCN3c3ccccc32)cc1. The van der Waals surface area contributed by atoms with E-state index in [9.17, 15) is 0 Å². The number of fused-ring (bicyclic) bond motifs is 5. The molecular weight excluding hydrogens is 378 g/mol. The Hall–Kier alpha value is -3.33. The van der Waals surface area contributed by atoms with E-state index in [2.05, 4.69) is 94.7 Å². The number of nitrogens with zero attached hydrogens (tertiary/aromatic N) is 3. The first-order valence-electron chi connectivity index (χ1n) is 11.4. The van der Waals surface area contributed by atoms with Crippen molar-refractivity contribution in [2.75, 3.05) is 16.3 Å². The molecule has 1 fully saturated rings. The number of rotatable bonds is 2. The van der Waals surface area contributed by atoms with E-state index < -0.39 is 0 Å². The zero-order valence-corrected chi connectivity index (χ0v) is 17.7. The van der Waals surface area contributed by atoms with E-state index in [0.29, 0.717) is 6.04 Å². The molecule has 0 spiro atoms. The van der Waals surface area contributed by atoms with E-state index in [0.717, 1.165) is 31.6 Å². The minimum atomic E-state index is 0.519. The van der Waals surface area contributed by atoms with Crippen molar-refractivity contribution in [1.82, 2.24) is 4.98 Å². The van der Waals surface area contributed by atoms with Crippen LogP contribution in [0, 0.1) is 0 Å². The lowest BCUT2D eigenvalue weighted by Crippen LogP contribution is -2.32. The predicted octanol–water partition coefficient (Wildman–Crippen LogP) is 5.97. The Kier molecular flexibility index (Phi) is 4.60. The number of hydrogen-bond acceptors (Lipinski definition) is 3. The third-order valence-electron chi connectivity index (χ3n) is 6.81. The first kappa shape index (κ1) is 18.4. The normalized spacial score (nSPS) is 18.0. The van der Waals surface area contributed by atoms with Gasteiger partial charge in [-0.05, 0) is 48.2 Å². The van der Waals surface area contributed by atoms with E-state index in [1.807, 2.05) is 0 Å². The fourth-order valence-corrected chi connectivity index (χ4v) is 5.31. The second kappa shape index (κ2) is 7.73. The van der Waals surface area contributed by atoms with Crippen LogP contribution in [0.3, 0.4) is 0 Å². The zero-order chi connectivity index (χ0) is 20.6. The number of hydrogen-bond donors (Lipinski definition) is 0. The maximum atomic E-state index is 5.17. The number of benzene rings is 3. The van der Waals surface area contributed by atoms with Crippen molar-refractivity contribution in [1.29, 1.82) is 0 Å². The molecular formula is C28H27N3. The summed E-state index contributed by atoms with van der Waals surface area (Å²) >= 11 is 0. The topological polar surface area (TPSA) is 19.4 Å². The Morgan fingerprint density at radius 3 is 2.52 bits per heavy atom. The fraction of sp³-hybridized carbons (Fsp3) is 0.250. The third-order valence-corrected chi connectivity index (χ3v) is 6.81. The van der Waals surface area contributed by atoms with Crippen LogP contribution < -0.4 is 9.80 Å². The lowest BCUT2D eigenvalue weighted by molar-refractivity contribution is 0.653. The molecule has 154 valence electrons. The maximum Gasteiger partial charge on any atom is 0.0705 e. The molecule has 31 heavy (non-hydrogen) atoms. The fourth-order valence-electron chi connectivity index (χ4n) is 5.31. The number of para-hydroxylation sites is 3. The van der Waals surface area contributed by atoms with Crippen molar-refractivity contribution in [3.05, 3.63) is 102 Å². The van der Waals surface area contributed by atoms with Gasteiger partial charge in [0.15, 0.2) is 0 Å². The van der Waals surface area contributed by atoms with Gasteiger partial charge in [0.2, 0.25) is 0 Å². The Labute approximate surface area is 184 Å². The van der Waals surface area contributed by atoms with Gasteiger partial charge in [0, 0.05) is 43.2 Å². The third kappa shape index (κ3) is 3.44. The van der Waals surface area contributed by atoms with Crippen LogP contribution in [0.25, 0.3) is 10.9 Å². The summed E-state index contributed by atoms with van der Waals surface area (Å²) in [7, 11) is 0. The average molecular weight is 406 g/mol. The molecule has 6 rings (SSSR count). The molecule has 0 bridgehead atoms. The first-order chi connectivity index (χ1) is 15.3.